The molecule has 234 valence electrons. The van der Waals surface area contributed by atoms with Crippen molar-refractivity contribution in [2.45, 2.75) is 51.4 Å². The van der Waals surface area contributed by atoms with Crippen LogP contribution in [0.25, 0.3) is 11.1 Å². The average Bonchev–Trinajstić information content (AvgIpc) is 3.31. The average molecular weight is 646 g/mol. The molecular formula is C26H31ClF3N7O5S. The van der Waals surface area contributed by atoms with Crippen LogP contribution in [0.5, 0.6) is 5.75 Å². The number of nitrogen functional groups attached to an aromatic ring is 1. The van der Waals surface area contributed by atoms with Gasteiger partial charge in [-0.05, 0) is 63.4 Å². The SMILES string of the molecule is COc1cc(-c2c(Cl)cc(Nc3n[nH]c(N)n3)cc2C(F)(F)F)ccc1N(C1CCN(C(=O)OC(C)(C)C)CC1)[SH](=O)=O. The van der Waals surface area contributed by atoms with E-state index < -0.39 is 40.4 Å². The van der Waals surface area contributed by atoms with Crippen LogP contribution in [0, 0.1) is 0 Å². The van der Waals surface area contributed by atoms with Gasteiger partial charge >= 0.3 is 12.3 Å². The summed E-state index contributed by atoms with van der Waals surface area (Å²) in [6.45, 7) is 5.77. The molecular weight excluding hydrogens is 615 g/mol. The number of alkyl halides is 3. The number of piperidine rings is 1. The van der Waals surface area contributed by atoms with Crippen LogP contribution >= 0.6 is 11.6 Å². The fourth-order valence-corrected chi connectivity index (χ4v) is 5.88. The Morgan fingerprint density at radius 1 is 1.19 bits per heavy atom. The number of nitrogens with zero attached hydrogens (tertiary/aromatic N) is 4. The first kappa shape index (κ1) is 32.0. The highest BCUT2D eigenvalue weighted by molar-refractivity contribution is 7.74. The molecule has 0 aliphatic carbocycles. The second kappa shape index (κ2) is 12.4. The zero-order valence-electron chi connectivity index (χ0n) is 23.7. The zero-order chi connectivity index (χ0) is 31.7. The van der Waals surface area contributed by atoms with Gasteiger partial charge < -0.3 is 25.4 Å². The summed E-state index contributed by atoms with van der Waals surface area (Å²) in [5.74, 6) is -0.0611. The van der Waals surface area contributed by atoms with E-state index in [9.17, 15) is 26.4 Å². The number of amides is 1. The highest BCUT2D eigenvalue weighted by Crippen LogP contribution is 2.45. The number of aromatic nitrogens is 3. The van der Waals surface area contributed by atoms with Crippen molar-refractivity contribution in [3.63, 3.8) is 0 Å². The Kier molecular flexibility index (Phi) is 9.20. The number of ether oxygens (including phenoxy) is 2. The second-order valence-electron chi connectivity index (χ2n) is 10.7. The fourth-order valence-electron chi connectivity index (χ4n) is 4.72. The number of halogens is 4. The van der Waals surface area contributed by atoms with Gasteiger partial charge in [0, 0.05) is 30.4 Å². The number of anilines is 4. The first-order valence-electron chi connectivity index (χ1n) is 13.0. The molecule has 0 radical (unpaired) electrons. The zero-order valence-corrected chi connectivity index (χ0v) is 25.3. The molecule has 3 aromatic rings. The van der Waals surface area contributed by atoms with E-state index in [1.807, 2.05) is 0 Å². The summed E-state index contributed by atoms with van der Waals surface area (Å²) in [5, 5.41) is 8.51. The number of nitrogens with one attached hydrogen (secondary N) is 2. The summed E-state index contributed by atoms with van der Waals surface area (Å²) in [6.07, 6.45) is -4.69. The predicted octanol–water partition coefficient (Wildman–Crippen LogP) is 5.21. The number of methoxy groups -OCH3 is 1. The molecule has 1 amide bonds. The van der Waals surface area contributed by atoms with Crippen molar-refractivity contribution >= 4 is 51.9 Å². The van der Waals surface area contributed by atoms with E-state index in [-0.39, 0.29) is 58.3 Å². The van der Waals surface area contributed by atoms with Crippen LogP contribution in [-0.2, 0) is 21.8 Å². The van der Waals surface area contributed by atoms with E-state index in [1.54, 1.807) is 20.8 Å². The predicted molar refractivity (Wildman–Crippen MR) is 156 cm³/mol. The molecule has 17 heteroatoms. The van der Waals surface area contributed by atoms with Crippen molar-refractivity contribution in [3.05, 3.63) is 40.9 Å². The molecule has 4 rings (SSSR count). The Labute approximate surface area is 252 Å². The van der Waals surface area contributed by atoms with E-state index in [2.05, 4.69) is 20.5 Å². The van der Waals surface area contributed by atoms with Gasteiger partial charge in [-0.2, -0.15) is 18.2 Å². The molecule has 0 bridgehead atoms. The Morgan fingerprint density at radius 3 is 2.40 bits per heavy atom. The number of likely N-dealkylation sites (tertiary alicyclic amines) is 1. The van der Waals surface area contributed by atoms with Crippen LogP contribution < -0.4 is 20.1 Å². The number of carbonyl (C=O) groups excluding carboxylic acids is 1. The lowest BCUT2D eigenvalue weighted by Gasteiger charge is -2.37. The fraction of sp³-hybridized carbons (Fsp3) is 0.423. The van der Waals surface area contributed by atoms with Gasteiger partial charge in [-0.25, -0.2) is 18.3 Å². The molecule has 2 aromatic carbocycles. The molecule has 43 heavy (non-hydrogen) atoms. The summed E-state index contributed by atoms with van der Waals surface area (Å²) in [6, 6.07) is 5.63. The van der Waals surface area contributed by atoms with Gasteiger partial charge in [-0.3, -0.25) is 4.31 Å². The molecule has 1 aliphatic rings. The lowest BCUT2D eigenvalue weighted by molar-refractivity contribution is -0.137. The number of benzene rings is 2. The van der Waals surface area contributed by atoms with Crippen LogP contribution in [-0.4, -0.2) is 66.4 Å². The van der Waals surface area contributed by atoms with E-state index in [0.29, 0.717) is 12.8 Å². The Morgan fingerprint density at radius 2 is 1.86 bits per heavy atom. The maximum absolute atomic E-state index is 14.3. The van der Waals surface area contributed by atoms with Crippen LogP contribution in [0.4, 0.5) is 41.2 Å². The molecule has 0 unspecified atom stereocenters. The van der Waals surface area contributed by atoms with Crippen LogP contribution in [0.3, 0.4) is 0 Å². The number of rotatable bonds is 7. The van der Waals surface area contributed by atoms with E-state index in [4.69, 9.17) is 26.8 Å². The second-order valence-corrected chi connectivity index (χ2v) is 12.0. The minimum absolute atomic E-state index is 0.0221. The van der Waals surface area contributed by atoms with Crippen molar-refractivity contribution in [3.8, 4) is 16.9 Å². The largest absolute Gasteiger partial charge is 0.495 e. The van der Waals surface area contributed by atoms with Crippen molar-refractivity contribution < 1.29 is 35.9 Å². The molecule has 4 N–H and O–H groups in total. The lowest BCUT2D eigenvalue weighted by atomic mass is 9.97. The maximum Gasteiger partial charge on any atom is 0.417 e. The molecule has 0 atom stereocenters. The monoisotopic (exact) mass is 645 g/mol. The standard InChI is InChI=1S/C26H31ClF3N7O5S/c1-25(2,3)42-24(38)36-9-7-16(8-10-36)37(43(39)40)19-6-5-14(11-20(19)41-4)21-17(26(28,29)30)12-15(13-18(21)27)32-23-33-22(31)34-35-23/h5-6,11-13,16,43H,7-10H2,1-4H3,(H4,31,32,33,34,35). The highest BCUT2D eigenvalue weighted by Gasteiger charge is 2.36. The van der Waals surface area contributed by atoms with Gasteiger partial charge in [0.25, 0.3) is 0 Å². The number of hydrogen-bond donors (Lipinski definition) is 4. The van der Waals surface area contributed by atoms with Crippen LogP contribution in [0.2, 0.25) is 5.02 Å². The maximum atomic E-state index is 14.3. The normalized spacial score (nSPS) is 14.6. The highest BCUT2D eigenvalue weighted by atomic mass is 35.5. The Hall–Kier alpha value is -3.92. The van der Waals surface area contributed by atoms with Gasteiger partial charge in [0.1, 0.15) is 11.4 Å². The minimum atomic E-state index is -4.81. The first-order valence-corrected chi connectivity index (χ1v) is 14.5. The molecule has 1 aliphatic heterocycles. The summed E-state index contributed by atoms with van der Waals surface area (Å²) < 4.78 is 79.7. The number of thiol groups is 1. The number of carbonyl (C=O) groups is 1. The Bertz CT molecular complexity index is 1560. The van der Waals surface area contributed by atoms with Crippen molar-refractivity contribution in [1.29, 1.82) is 0 Å². The van der Waals surface area contributed by atoms with Gasteiger partial charge in [0.15, 0.2) is 0 Å². The smallest absolute Gasteiger partial charge is 0.417 e. The number of aromatic amines is 1. The summed E-state index contributed by atoms with van der Waals surface area (Å²) in [4.78, 5) is 17.8. The molecule has 0 spiro atoms. The molecule has 2 heterocycles. The number of nitrogens with two attached hydrogens (primary N) is 1. The van der Waals surface area contributed by atoms with Crippen LogP contribution in [0.1, 0.15) is 39.2 Å². The molecule has 1 fully saturated rings. The van der Waals surface area contributed by atoms with Crippen molar-refractivity contribution in [2.75, 3.05) is 35.6 Å². The van der Waals surface area contributed by atoms with E-state index >= 15 is 0 Å². The molecule has 0 saturated carbocycles. The third-order valence-corrected chi connectivity index (χ3v) is 7.70. The Balaban J connectivity index is 1.65. The van der Waals surface area contributed by atoms with Gasteiger partial charge in [-0.15, -0.1) is 5.10 Å². The molecule has 1 saturated heterocycles. The van der Waals surface area contributed by atoms with Crippen molar-refractivity contribution in [1.82, 2.24) is 20.1 Å². The minimum Gasteiger partial charge on any atom is -0.495 e. The van der Waals surface area contributed by atoms with Gasteiger partial charge in [0.2, 0.25) is 22.8 Å². The molecule has 1 aromatic heterocycles. The summed E-state index contributed by atoms with van der Waals surface area (Å²) >= 11 is 6.39. The third kappa shape index (κ3) is 7.54. The topological polar surface area (TPSA) is 156 Å². The third-order valence-electron chi connectivity index (χ3n) is 6.51. The number of hydrogen-bond acceptors (Lipinski definition) is 9. The summed E-state index contributed by atoms with van der Waals surface area (Å²) in [5.41, 5.74) is 3.58. The van der Waals surface area contributed by atoms with E-state index in [0.717, 1.165) is 10.4 Å². The molecule has 12 nitrogen and oxygen atoms in total. The van der Waals surface area contributed by atoms with Crippen molar-refractivity contribution in [2.24, 2.45) is 0 Å². The van der Waals surface area contributed by atoms with Gasteiger partial charge in [0.05, 0.1) is 23.4 Å². The first-order chi connectivity index (χ1) is 20.1. The van der Waals surface area contributed by atoms with E-state index in [1.165, 1.54) is 36.3 Å². The summed E-state index contributed by atoms with van der Waals surface area (Å²) in [7, 11) is -1.89. The number of H-pyrrole nitrogens is 1. The van der Waals surface area contributed by atoms with Crippen LogP contribution in [0.15, 0.2) is 30.3 Å². The quantitative estimate of drug-likeness (QED) is 0.253. The van der Waals surface area contributed by atoms with Gasteiger partial charge in [-0.1, -0.05) is 17.7 Å². The lowest BCUT2D eigenvalue weighted by Crippen LogP contribution is -2.47.